The molecule has 0 fully saturated rings. The Kier molecular flexibility index (Phi) is 7.40. The lowest BCUT2D eigenvalue weighted by molar-refractivity contribution is -0.144. The number of carboxylic acids is 2. The summed E-state index contributed by atoms with van der Waals surface area (Å²) in [6.07, 6.45) is 0.306. The van der Waals surface area contributed by atoms with Crippen LogP contribution in [0.3, 0.4) is 0 Å². The minimum absolute atomic E-state index is 0.0327. The molecule has 1 atom stereocenters. The number of carboxylic acid groups (broad SMARTS) is 2. The average molecular weight is 329 g/mol. The lowest BCUT2D eigenvalue weighted by Crippen LogP contribution is -2.48. The second-order valence-corrected chi connectivity index (χ2v) is 7.40. The Balaban J connectivity index is 4.91. The van der Waals surface area contributed by atoms with Crippen LogP contribution in [0.5, 0.6) is 0 Å². The zero-order chi connectivity index (χ0) is 18.4. The van der Waals surface area contributed by atoms with Crippen molar-refractivity contribution in [3.63, 3.8) is 0 Å². The predicted octanol–water partition coefficient (Wildman–Crippen LogP) is 1.84. The lowest BCUT2D eigenvalue weighted by atomic mass is 9.73. The molecule has 0 heterocycles. The van der Waals surface area contributed by atoms with Crippen LogP contribution in [0, 0.1) is 10.8 Å². The minimum atomic E-state index is -1.19. The normalized spacial score (nSPS) is 13.3. The van der Waals surface area contributed by atoms with Gasteiger partial charge in [-0.3, -0.25) is 9.59 Å². The summed E-state index contributed by atoms with van der Waals surface area (Å²) in [6, 6.07) is -1.13. The second-order valence-electron chi connectivity index (χ2n) is 7.40. The van der Waals surface area contributed by atoms with Crippen LogP contribution in [0.15, 0.2) is 0 Å². The molecule has 132 valence electrons. The van der Waals surface area contributed by atoms with Gasteiger partial charge in [-0.1, -0.05) is 27.7 Å². The molecule has 1 amide bonds. The molecule has 23 heavy (non-hydrogen) atoms. The molecule has 7 nitrogen and oxygen atoms in total. The van der Waals surface area contributed by atoms with E-state index in [-0.39, 0.29) is 31.5 Å². The largest absolute Gasteiger partial charge is 0.481 e. The number of rotatable bonds is 10. The van der Waals surface area contributed by atoms with E-state index < -0.39 is 34.7 Å². The van der Waals surface area contributed by atoms with Crippen molar-refractivity contribution < 1.29 is 29.4 Å². The molecular formula is C16H27NO6. The smallest absolute Gasteiger partial charge is 0.326 e. The second kappa shape index (κ2) is 8.08. The highest BCUT2D eigenvalue weighted by molar-refractivity contribution is 5.87. The van der Waals surface area contributed by atoms with Crippen LogP contribution in [-0.4, -0.2) is 39.9 Å². The van der Waals surface area contributed by atoms with E-state index in [1.165, 1.54) is 6.92 Å². The maximum atomic E-state index is 12.4. The number of carbonyl (C=O) groups is 4. The molecule has 0 bridgehead atoms. The van der Waals surface area contributed by atoms with Crippen LogP contribution in [0.1, 0.15) is 60.3 Å². The van der Waals surface area contributed by atoms with Crippen LogP contribution >= 0.6 is 0 Å². The Morgan fingerprint density at radius 1 is 1.04 bits per heavy atom. The van der Waals surface area contributed by atoms with Crippen LogP contribution in [0.25, 0.3) is 0 Å². The summed E-state index contributed by atoms with van der Waals surface area (Å²) in [5, 5.41) is 20.5. The first-order chi connectivity index (χ1) is 10.3. The zero-order valence-electron chi connectivity index (χ0n) is 14.4. The van der Waals surface area contributed by atoms with Gasteiger partial charge in [0.25, 0.3) is 0 Å². The third-order valence-electron chi connectivity index (χ3n) is 3.55. The van der Waals surface area contributed by atoms with Gasteiger partial charge in [0.15, 0.2) is 0 Å². The summed E-state index contributed by atoms with van der Waals surface area (Å²) >= 11 is 0. The number of nitrogens with one attached hydrogen (secondary N) is 1. The van der Waals surface area contributed by atoms with E-state index in [1.807, 2.05) is 0 Å². The van der Waals surface area contributed by atoms with Gasteiger partial charge in [-0.25, -0.2) is 4.79 Å². The highest BCUT2D eigenvalue weighted by Gasteiger charge is 2.37. The van der Waals surface area contributed by atoms with E-state index in [0.29, 0.717) is 0 Å². The monoisotopic (exact) mass is 329 g/mol. The summed E-state index contributed by atoms with van der Waals surface area (Å²) in [6.45, 7) is 8.16. The molecule has 0 aromatic carbocycles. The number of ketones is 1. The molecule has 0 radical (unpaired) electrons. The van der Waals surface area contributed by atoms with Gasteiger partial charge >= 0.3 is 11.9 Å². The lowest BCUT2D eigenvalue weighted by Gasteiger charge is -2.33. The van der Waals surface area contributed by atoms with Crippen LogP contribution in [0.2, 0.25) is 0 Å². The summed E-state index contributed by atoms with van der Waals surface area (Å²) in [4.78, 5) is 45.4. The van der Waals surface area contributed by atoms with Crippen molar-refractivity contribution in [2.45, 2.75) is 66.3 Å². The first-order valence-corrected chi connectivity index (χ1v) is 7.52. The van der Waals surface area contributed by atoms with Crippen LogP contribution < -0.4 is 5.32 Å². The first-order valence-electron chi connectivity index (χ1n) is 7.52. The molecule has 0 saturated heterocycles. The fraction of sp³-hybridized carbons (Fsp3) is 0.750. The predicted molar refractivity (Wildman–Crippen MR) is 83.9 cm³/mol. The number of hydrogen-bond acceptors (Lipinski definition) is 4. The van der Waals surface area contributed by atoms with Crippen LogP contribution in [0.4, 0.5) is 0 Å². The Hall–Kier alpha value is -1.92. The quantitative estimate of drug-likeness (QED) is 0.562. The molecule has 0 saturated carbocycles. The number of carbonyl (C=O) groups excluding carboxylic acids is 2. The maximum absolute atomic E-state index is 12.4. The molecule has 3 N–H and O–H groups in total. The first kappa shape index (κ1) is 21.1. The molecule has 0 aliphatic heterocycles. The van der Waals surface area contributed by atoms with Gasteiger partial charge in [0.1, 0.15) is 11.8 Å². The van der Waals surface area contributed by atoms with Gasteiger partial charge in [0.05, 0.1) is 6.42 Å². The van der Waals surface area contributed by atoms with Crippen molar-refractivity contribution >= 4 is 23.6 Å². The SMILES string of the molecule is CC(=O)CCC(NC(=O)C(C)(C)CC(C)(C)CC(=O)O)C(=O)O. The topological polar surface area (TPSA) is 121 Å². The molecule has 7 heteroatoms. The Morgan fingerprint density at radius 3 is 1.96 bits per heavy atom. The number of Topliss-reactive ketones (excluding diaryl/α,β-unsaturated/α-hetero) is 1. The summed E-state index contributed by atoms with van der Waals surface area (Å²) in [7, 11) is 0. The molecule has 0 aromatic heterocycles. The molecule has 0 rings (SSSR count). The third kappa shape index (κ3) is 8.32. The van der Waals surface area contributed by atoms with Crippen molar-refractivity contribution in [1.82, 2.24) is 5.32 Å². The van der Waals surface area contributed by atoms with Crippen molar-refractivity contribution in [1.29, 1.82) is 0 Å². The van der Waals surface area contributed by atoms with Crippen molar-refractivity contribution in [3.05, 3.63) is 0 Å². The Bertz CT molecular complexity index is 481. The molecular weight excluding hydrogens is 302 g/mol. The average Bonchev–Trinajstić information content (AvgIpc) is 2.29. The van der Waals surface area contributed by atoms with Gasteiger partial charge in [0, 0.05) is 11.8 Å². The standard InChI is InChI=1S/C16H27NO6/c1-10(18)6-7-11(13(21)22)17-14(23)16(4,5)9-15(2,3)8-12(19)20/h11H,6-9H2,1-5H3,(H,17,23)(H,19,20)(H,21,22). The Labute approximate surface area is 136 Å². The fourth-order valence-corrected chi connectivity index (χ4v) is 2.71. The molecule has 1 unspecified atom stereocenters. The molecule has 0 spiro atoms. The van der Waals surface area contributed by atoms with E-state index >= 15 is 0 Å². The summed E-state index contributed by atoms with van der Waals surface area (Å²) in [5.41, 5.74) is -1.53. The number of aliphatic carboxylic acids is 2. The maximum Gasteiger partial charge on any atom is 0.326 e. The molecule has 0 aliphatic carbocycles. The minimum Gasteiger partial charge on any atom is -0.481 e. The summed E-state index contributed by atoms with van der Waals surface area (Å²) < 4.78 is 0. The third-order valence-corrected chi connectivity index (χ3v) is 3.55. The zero-order valence-corrected chi connectivity index (χ0v) is 14.4. The van der Waals surface area contributed by atoms with Gasteiger partial charge in [-0.05, 0) is 25.2 Å². The van der Waals surface area contributed by atoms with Gasteiger partial charge < -0.3 is 20.3 Å². The van der Waals surface area contributed by atoms with Crippen LogP contribution in [-0.2, 0) is 19.2 Å². The van der Waals surface area contributed by atoms with E-state index in [9.17, 15) is 19.2 Å². The molecule has 0 aromatic rings. The fourth-order valence-electron chi connectivity index (χ4n) is 2.71. The van der Waals surface area contributed by atoms with E-state index in [0.717, 1.165) is 0 Å². The number of hydrogen-bond donors (Lipinski definition) is 3. The Morgan fingerprint density at radius 2 is 1.57 bits per heavy atom. The van der Waals surface area contributed by atoms with Crippen molar-refractivity contribution in [2.24, 2.45) is 10.8 Å². The number of amides is 1. The van der Waals surface area contributed by atoms with Crippen molar-refractivity contribution in [3.8, 4) is 0 Å². The van der Waals surface area contributed by atoms with Gasteiger partial charge in [-0.15, -0.1) is 0 Å². The van der Waals surface area contributed by atoms with E-state index in [2.05, 4.69) is 5.32 Å². The van der Waals surface area contributed by atoms with E-state index in [1.54, 1.807) is 27.7 Å². The van der Waals surface area contributed by atoms with Crippen molar-refractivity contribution in [2.75, 3.05) is 0 Å². The highest BCUT2D eigenvalue weighted by atomic mass is 16.4. The van der Waals surface area contributed by atoms with E-state index in [4.69, 9.17) is 10.2 Å². The highest BCUT2D eigenvalue weighted by Crippen LogP contribution is 2.36. The van der Waals surface area contributed by atoms with Gasteiger partial charge in [-0.2, -0.15) is 0 Å². The molecule has 0 aliphatic rings. The summed E-state index contributed by atoms with van der Waals surface area (Å²) in [5.74, 6) is -2.75. The van der Waals surface area contributed by atoms with Gasteiger partial charge in [0.2, 0.25) is 5.91 Å².